The van der Waals surface area contributed by atoms with E-state index in [4.69, 9.17) is 0 Å². The van der Waals surface area contributed by atoms with Crippen LogP contribution in [-0.2, 0) is 6.42 Å². The average molecular weight is 302 g/mol. The van der Waals surface area contributed by atoms with Crippen LogP contribution in [0.3, 0.4) is 0 Å². The number of H-pyrrole nitrogens is 1. The lowest BCUT2D eigenvalue weighted by Crippen LogP contribution is -2.39. The first kappa shape index (κ1) is 13.0. The third-order valence-corrected chi connectivity index (χ3v) is 5.40. The number of thiophene rings is 1. The van der Waals surface area contributed by atoms with E-state index in [2.05, 4.69) is 33.6 Å². The molecule has 0 bridgehead atoms. The van der Waals surface area contributed by atoms with Crippen molar-refractivity contribution >= 4 is 17.2 Å². The van der Waals surface area contributed by atoms with Crippen LogP contribution in [0.5, 0.6) is 0 Å². The lowest BCUT2D eigenvalue weighted by Gasteiger charge is -2.34. The van der Waals surface area contributed by atoms with E-state index in [1.165, 1.54) is 10.4 Å². The van der Waals surface area contributed by atoms with E-state index in [1.807, 2.05) is 4.90 Å². The van der Waals surface area contributed by atoms with Gasteiger partial charge < -0.3 is 4.90 Å². The fourth-order valence-corrected chi connectivity index (χ4v) is 4.05. The topological polar surface area (TPSA) is 61.9 Å². The zero-order chi connectivity index (χ0) is 14.4. The highest BCUT2D eigenvalue weighted by atomic mass is 32.1. The summed E-state index contributed by atoms with van der Waals surface area (Å²) in [5, 5.41) is 9.19. The molecule has 1 aliphatic heterocycles. The molecule has 0 aromatic carbocycles. The summed E-state index contributed by atoms with van der Waals surface area (Å²) in [6, 6.07) is 2.32. The van der Waals surface area contributed by atoms with Crippen molar-refractivity contribution in [1.82, 2.24) is 20.1 Å². The Morgan fingerprint density at radius 3 is 3.14 bits per heavy atom. The Bertz CT molecular complexity index is 673. The average Bonchev–Trinajstić information content (AvgIpc) is 3.05. The van der Waals surface area contributed by atoms with Gasteiger partial charge in [-0.15, -0.1) is 16.4 Å². The van der Waals surface area contributed by atoms with Crippen LogP contribution in [0.1, 0.15) is 65.0 Å². The number of hydrogen-bond donors (Lipinski definition) is 1. The number of hydrogen-bond acceptors (Lipinski definition) is 4. The standard InChI is InChI=1S/C15H18N4OS/c1-2-11-10-6-8-21-12(10)5-7-19(11)15(20)14-16-13(17-18-14)9-3-4-9/h6,8-9,11H,2-5,7H2,1H3,(H,16,17,18). The van der Waals surface area contributed by atoms with Gasteiger partial charge in [-0.1, -0.05) is 6.92 Å². The van der Waals surface area contributed by atoms with Crippen LogP contribution in [0.25, 0.3) is 0 Å². The van der Waals surface area contributed by atoms with Gasteiger partial charge in [0.1, 0.15) is 5.82 Å². The molecule has 6 heteroatoms. The van der Waals surface area contributed by atoms with Crippen LogP contribution in [0.2, 0.25) is 0 Å². The van der Waals surface area contributed by atoms with Crippen molar-refractivity contribution in [3.63, 3.8) is 0 Å². The Kier molecular flexibility index (Phi) is 3.06. The van der Waals surface area contributed by atoms with Crippen molar-refractivity contribution in [2.24, 2.45) is 0 Å². The van der Waals surface area contributed by atoms with Crippen molar-refractivity contribution in [1.29, 1.82) is 0 Å². The molecule has 0 spiro atoms. The largest absolute Gasteiger partial charge is 0.328 e. The zero-order valence-corrected chi connectivity index (χ0v) is 12.8. The molecule has 1 amide bonds. The third kappa shape index (κ3) is 2.18. The quantitative estimate of drug-likeness (QED) is 0.948. The van der Waals surface area contributed by atoms with Crippen LogP contribution >= 0.6 is 11.3 Å². The fraction of sp³-hybridized carbons (Fsp3) is 0.533. The summed E-state index contributed by atoms with van der Waals surface area (Å²) in [7, 11) is 0. The monoisotopic (exact) mass is 302 g/mol. The Labute approximate surface area is 127 Å². The van der Waals surface area contributed by atoms with E-state index in [0.717, 1.165) is 38.1 Å². The van der Waals surface area contributed by atoms with E-state index >= 15 is 0 Å². The Morgan fingerprint density at radius 2 is 2.38 bits per heavy atom. The summed E-state index contributed by atoms with van der Waals surface area (Å²) in [6.45, 7) is 2.89. The summed E-state index contributed by atoms with van der Waals surface area (Å²) in [5.41, 5.74) is 1.31. The predicted octanol–water partition coefficient (Wildman–Crippen LogP) is 2.89. The van der Waals surface area contributed by atoms with Crippen LogP contribution in [-0.4, -0.2) is 32.5 Å². The van der Waals surface area contributed by atoms with Gasteiger partial charge in [-0.3, -0.25) is 9.89 Å². The fourth-order valence-electron chi connectivity index (χ4n) is 3.12. The Morgan fingerprint density at radius 1 is 1.52 bits per heavy atom. The highest BCUT2D eigenvalue weighted by molar-refractivity contribution is 7.10. The summed E-state index contributed by atoms with van der Waals surface area (Å²) < 4.78 is 0. The van der Waals surface area contributed by atoms with E-state index in [-0.39, 0.29) is 11.9 Å². The molecule has 2 aliphatic rings. The summed E-state index contributed by atoms with van der Waals surface area (Å²) >= 11 is 1.79. The molecular formula is C15H18N4OS. The van der Waals surface area contributed by atoms with Crippen LogP contribution < -0.4 is 0 Å². The van der Waals surface area contributed by atoms with Crippen LogP contribution in [0, 0.1) is 0 Å². The summed E-state index contributed by atoms with van der Waals surface area (Å²) in [4.78, 5) is 20.5. The van der Waals surface area contributed by atoms with Crippen LogP contribution in [0.4, 0.5) is 0 Å². The minimum Gasteiger partial charge on any atom is -0.328 e. The first-order valence-electron chi connectivity index (χ1n) is 7.57. The normalized spacial score (nSPS) is 21.4. The first-order valence-corrected chi connectivity index (χ1v) is 8.45. The van der Waals surface area contributed by atoms with Crippen molar-refractivity contribution in [2.75, 3.05) is 6.54 Å². The van der Waals surface area contributed by atoms with E-state index in [9.17, 15) is 4.79 Å². The number of fused-ring (bicyclic) bond motifs is 1. The molecule has 1 saturated carbocycles. The molecule has 1 atom stereocenters. The SMILES string of the molecule is CCC1c2ccsc2CCN1C(=O)c1n[nH]c(C2CC2)n1. The molecular weight excluding hydrogens is 284 g/mol. The maximum absolute atomic E-state index is 12.7. The van der Waals surface area contributed by atoms with E-state index in [0.29, 0.717) is 11.7 Å². The van der Waals surface area contributed by atoms with Crippen molar-refractivity contribution in [3.05, 3.63) is 33.5 Å². The second kappa shape index (κ2) is 4.94. The molecule has 4 rings (SSSR count). The summed E-state index contributed by atoms with van der Waals surface area (Å²) in [5.74, 6) is 1.65. The van der Waals surface area contributed by atoms with Gasteiger partial charge in [0.2, 0.25) is 5.82 Å². The van der Waals surface area contributed by atoms with E-state index in [1.54, 1.807) is 11.3 Å². The van der Waals surface area contributed by atoms with Gasteiger partial charge in [0.05, 0.1) is 6.04 Å². The van der Waals surface area contributed by atoms with Crippen molar-refractivity contribution in [3.8, 4) is 0 Å². The molecule has 3 heterocycles. The number of carbonyl (C=O) groups excluding carboxylic acids is 1. The molecule has 0 radical (unpaired) electrons. The molecule has 2 aromatic heterocycles. The highest BCUT2D eigenvalue weighted by Crippen LogP contribution is 2.38. The lowest BCUT2D eigenvalue weighted by atomic mass is 9.97. The minimum atomic E-state index is -0.0400. The molecule has 1 fully saturated rings. The third-order valence-electron chi connectivity index (χ3n) is 4.40. The van der Waals surface area contributed by atoms with Gasteiger partial charge in [0.15, 0.2) is 0 Å². The molecule has 1 unspecified atom stereocenters. The number of aromatic nitrogens is 3. The van der Waals surface area contributed by atoms with Crippen LogP contribution in [0.15, 0.2) is 11.4 Å². The summed E-state index contributed by atoms with van der Waals surface area (Å²) in [6.07, 6.45) is 4.18. The van der Waals surface area contributed by atoms with Gasteiger partial charge >= 0.3 is 0 Å². The van der Waals surface area contributed by atoms with Crippen molar-refractivity contribution in [2.45, 2.75) is 44.6 Å². The van der Waals surface area contributed by atoms with Gasteiger partial charge in [-0.2, -0.15) is 0 Å². The molecule has 0 saturated heterocycles. The second-order valence-electron chi connectivity index (χ2n) is 5.79. The number of nitrogens with one attached hydrogen (secondary N) is 1. The maximum Gasteiger partial charge on any atom is 0.294 e. The number of rotatable bonds is 3. The molecule has 110 valence electrons. The number of aromatic amines is 1. The molecule has 1 aliphatic carbocycles. The smallest absolute Gasteiger partial charge is 0.294 e. The maximum atomic E-state index is 12.7. The Balaban J connectivity index is 1.61. The number of carbonyl (C=O) groups is 1. The first-order chi connectivity index (χ1) is 10.3. The van der Waals surface area contributed by atoms with Gasteiger partial charge in [-0.05, 0) is 42.7 Å². The second-order valence-corrected chi connectivity index (χ2v) is 6.79. The predicted molar refractivity (Wildman–Crippen MR) is 80.4 cm³/mol. The minimum absolute atomic E-state index is 0.0400. The highest BCUT2D eigenvalue weighted by Gasteiger charge is 2.34. The van der Waals surface area contributed by atoms with E-state index < -0.39 is 0 Å². The molecule has 5 nitrogen and oxygen atoms in total. The molecule has 1 N–H and O–H groups in total. The zero-order valence-electron chi connectivity index (χ0n) is 12.0. The molecule has 21 heavy (non-hydrogen) atoms. The van der Waals surface area contributed by atoms with Crippen molar-refractivity contribution < 1.29 is 4.79 Å². The number of amides is 1. The molecule has 2 aromatic rings. The Hall–Kier alpha value is -1.69. The van der Waals surface area contributed by atoms with Gasteiger partial charge in [-0.25, -0.2) is 4.98 Å². The lowest BCUT2D eigenvalue weighted by molar-refractivity contribution is 0.0645. The number of nitrogens with zero attached hydrogens (tertiary/aromatic N) is 3. The van der Waals surface area contributed by atoms with Gasteiger partial charge in [0.25, 0.3) is 5.91 Å². The van der Waals surface area contributed by atoms with Gasteiger partial charge in [0, 0.05) is 17.3 Å².